The van der Waals surface area contributed by atoms with E-state index in [1.165, 1.54) is 23.9 Å². The standard InChI is InChI=1S/C15H23N3O4S2.ClH/c16-24(20,21)14-5-3-13(4-6-14)22-8-9-23-11-15(19)18-12-2-1-7-17-10-12;/h3-6,12,17H,1-2,7-11H2,(H,18,19)(H2,16,20,21);1H/t12-;/m0./s1. The van der Waals surface area contributed by atoms with E-state index in [0.29, 0.717) is 23.9 Å². The zero-order valence-electron chi connectivity index (χ0n) is 13.8. The number of piperidine rings is 1. The van der Waals surface area contributed by atoms with Gasteiger partial charge >= 0.3 is 0 Å². The molecule has 1 heterocycles. The van der Waals surface area contributed by atoms with E-state index in [9.17, 15) is 13.2 Å². The molecule has 2 rings (SSSR count). The van der Waals surface area contributed by atoms with E-state index in [0.717, 1.165) is 25.9 Å². The van der Waals surface area contributed by atoms with E-state index >= 15 is 0 Å². The molecule has 1 aliphatic rings. The van der Waals surface area contributed by atoms with Crippen molar-refractivity contribution in [2.45, 2.75) is 23.8 Å². The fourth-order valence-electron chi connectivity index (χ4n) is 2.35. The summed E-state index contributed by atoms with van der Waals surface area (Å²) in [5, 5.41) is 11.3. The Morgan fingerprint density at radius 1 is 1.36 bits per heavy atom. The minimum Gasteiger partial charge on any atom is -0.493 e. The zero-order valence-corrected chi connectivity index (χ0v) is 16.2. The van der Waals surface area contributed by atoms with Crippen molar-refractivity contribution in [3.05, 3.63) is 24.3 Å². The number of amides is 1. The third-order valence-corrected chi connectivity index (χ3v) is 5.39. The highest BCUT2D eigenvalue weighted by molar-refractivity contribution is 7.99. The summed E-state index contributed by atoms with van der Waals surface area (Å²) in [6.45, 7) is 2.31. The van der Waals surface area contributed by atoms with Crippen LogP contribution < -0.4 is 20.5 Å². The lowest BCUT2D eigenvalue weighted by Gasteiger charge is -2.23. The van der Waals surface area contributed by atoms with Crippen LogP contribution in [0.1, 0.15) is 12.8 Å². The number of nitrogens with one attached hydrogen (secondary N) is 2. The van der Waals surface area contributed by atoms with Crippen LogP contribution in [0.3, 0.4) is 0 Å². The summed E-state index contributed by atoms with van der Waals surface area (Å²) in [6.07, 6.45) is 2.12. The van der Waals surface area contributed by atoms with E-state index in [1.54, 1.807) is 12.1 Å². The van der Waals surface area contributed by atoms with Crippen LogP contribution in [0.15, 0.2) is 29.2 Å². The highest BCUT2D eigenvalue weighted by atomic mass is 35.5. The van der Waals surface area contributed by atoms with Gasteiger partial charge in [0.05, 0.1) is 17.3 Å². The Labute approximate surface area is 158 Å². The third-order valence-electron chi connectivity index (χ3n) is 3.54. The monoisotopic (exact) mass is 409 g/mol. The lowest BCUT2D eigenvalue weighted by molar-refractivity contribution is -0.119. The summed E-state index contributed by atoms with van der Waals surface area (Å²) in [7, 11) is -3.68. The highest BCUT2D eigenvalue weighted by Crippen LogP contribution is 2.15. The van der Waals surface area contributed by atoms with Crippen molar-refractivity contribution in [3.8, 4) is 5.75 Å². The molecular formula is C15H24ClN3O4S2. The fourth-order valence-corrected chi connectivity index (χ4v) is 3.48. The molecule has 142 valence electrons. The lowest BCUT2D eigenvalue weighted by atomic mass is 10.1. The number of hydrogen-bond donors (Lipinski definition) is 3. The smallest absolute Gasteiger partial charge is 0.238 e. The first-order chi connectivity index (χ1) is 11.4. The molecule has 25 heavy (non-hydrogen) atoms. The number of thioether (sulfide) groups is 1. The second-order valence-electron chi connectivity index (χ2n) is 5.53. The molecule has 0 radical (unpaired) electrons. The summed E-state index contributed by atoms with van der Waals surface area (Å²) in [5.74, 6) is 1.70. The van der Waals surface area contributed by atoms with Crippen LogP contribution in [0.5, 0.6) is 5.75 Å². The number of sulfonamides is 1. The Kier molecular flexibility index (Phi) is 9.58. The number of rotatable bonds is 8. The van der Waals surface area contributed by atoms with E-state index in [2.05, 4.69) is 10.6 Å². The predicted molar refractivity (Wildman–Crippen MR) is 102 cm³/mol. The first-order valence-corrected chi connectivity index (χ1v) is 10.5. The largest absolute Gasteiger partial charge is 0.493 e. The van der Waals surface area contributed by atoms with Crippen LogP contribution in [-0.4, -0.2) is 51.6 Å². The van der Waals surface area contributed by atoms with Gasteiger partial charge < -0.3 is 15.4 Å². The number of primary sulfonamides is 1. The molecule has 7 nitrogen and oxygen atoms in total. The van der Waals surface area contributed by atoms with Crippen molar-refractivity contribution in [2.75, 3.05) is 31.2 Å². The lowest BCUT2D eigenvalue weighted by Crippen LogP contribution is -2.46. The Morgan fingerprint density at radius 2 is 2.08 bits per heavy atom. The first kappa shape index (κ1) is 22.0. The molecule has 1 aromatic rings. The van der Waals surface area contributed by atoms with Crippen LogP contribution in [0, 0.1) is 0 Å². The SMILES string of the molecule is Cl.NS(=O)(=O)c1ccc(OCCSCC(=O)N[C@H]2CCCNC2)cc1. The number of carbonyl (C=O) groups is 1. The first-order valence-electron chi connectivity index (χ1n) is 7.78. The predicted octanol–water partition coefficient (Wildman–Crippen LogP) is 0.736. The summed E-state index contributed by atoms with van der Waals surface area (Å²) >= 11 is 1.50. The topological polar surface area (TPSA) is 111 Å². The van der Waals surface area contributed by atoms with Crippen molar-refractivity contribution < 1.29 is 17.9 Å². The molecule has 1 amide bonds. The minimum absolute atomic E-state index is 0. The van der Waals surface area contributed by atoms with Crippen LogP contribution in [0.25, 0.3) is 0 Å². The van der Waals surface area contributed by atoms with E-state index in [-0.39, 0.29) is 29.3 Å². The number of benzene rings is 1. The van der Waals surface area contributed by atoms with Crippen LogP contribution in [-0.2, 0) is 14.8 Å². The minimum atomic E-state index is -3.68. The van der Waals surface area contributed by atoms with Gasteiger partial charge in [0.1, 0.15) is 5.75 Å². The molecule has 1 fully saturated rings. The molecule has 0 aliphatic carbocycles. The molecule has 10 heteroatoms. The van der Waals surface area contributed by atoms with Gasteiger partial charge in [0.25, 0.3) is 0 Å². The van der Waals surface area contributed by atoms with Gasteiger partial charge in [-0.05, 0) is 43.7 Å². The second-order valence-corrected chi connectivity index (χ2v) is 8.19. The van der Waals surface area contributed by atoms with Crippen LogP contribution in [0.4, 0.5) is 0 Å². The Balaban J connectivity index is 0.00000312. The van der Waals surface area contributed by atoms with Crippen LogP contribution >= 0.6 is 24.2 Å². The quantitative estimate of drug-likeness (QED) is 0.546. The van der Waals surface area contributed by atoms with Gasteiger partial charge in [-0.2, -0.15) is 0 Å². The molecule has 0 saturated carbocycles. The molecule has 1 aliphatic heterocycles. The van der Waals surface area contributed by atoms with Gasteiger partial charge in [-0.1, -0.05) is 0 Å². The number of hydrogen-bond acceptors (Lipinski definition) is 6. The number of carbonyl (C=O) groups excluding carboxylic acids is 1. The highest BCUT2D eigenvalue weighted by Gasteiger charge is 2.14. The average molecular weight is 410 g/mol. The third kappa shape index (κ3) is 8.28. The molecule has 0 unspecified atom stereocenters. The molecular weight excluding hydrogens is 386 g/mol. The maximum Gasteiger partial charge on any atom is 0.238 e. The van der Waals surface area contributed by atoms with Gasteiger partial charge in [0.15, 0.2) is 0 Å². The van der Waals surface area contributed by atoms with Gasteiger partial charge in [0.2, 0.25) is 15.9 Å². The molecule has 1 saturated heterocycles. The van der Waals surface area contributed by atoms with Crippen molar-refractivity contribution >= 4 is 40.1 Å². The number of halogens is 1. The Bertz CT molecular complexity index is 635. The van der Waals surface area contributed by atoms with Gasteiger partial charge in [-0.3, -0.25) is 4.79 Å². The van der Waals surface area contributed by atoms with Crippen molar-refractivity contribution in [3.63, 3.8) is 0 Å². The zero-order chi connectivity index (χ0) is 17.4. The normalized spacial score (nSPS) is 17.4. The van der Waals surface area contributed by atoms with E-state index in [4.69, 9.17) is 9.88 Å². The maximum atomic E-state index is 11.8. The molecule has 1 atom stereocenters. The maximum absolute atomic E-state index is 11.8. The molecule has 0 bridgehead atoms. The number of nitrogens with two attached hydrogens (primary N) is 1. The average Bonchev–Trinajstić information content (AvgIpc) is 2.55. The van der Waals surface area contributed by atoms with Crippen molar-refractivity contribution in [1.82, 2.24) is 10.6 Å². The fraction of sp³-hybridized carbons (Fsp3) is 0.533. The summed E-state index contributed by atoms with van der Waals surface area (Å²) in [5.41, 5.74) is 0. The Morgan fingerprint density at radius 3 is 2.68 bits per heavy atom. The summed E-state index contributed by atoms with van der Waals surface area (Å²) < 4.78 is 27.8. The second kappa shape index (κ2) is 10.9. The van der Waals surface area contributed by atoms with Gasteiger partial charge in [-0.15, -0.1) is 24.2 Å². The molecule has 0 aromatic heterocycles. The molecule has 4 N–H and O–H groups in total. The van der Waals surface area contributed by atoms with Crippen molar-refractivity contribution in [2.24, 2.45) is 5.14 Å². The van der Waals surface area contributed by atoms with E-state index < -0.39 is 10.0 Å². The van der Waals surface area contributed by atoms with Gasteiger partial charge in [0, 0.05) is 18.3 Å². The summed E-state index contributed by atoms with van der Waals surface area (Å²) in [6, 6.07) is 6.17. The van der Waals surface area contributed by atoms with Crippen molar-refractivity contribution in [1.29, 1.82) is 0 Å². The Hall–Kier alpha value is -1.00. The summed E-state index contributed by atoms with van der Waals surface area (Å²) in [4.78, 5) is 11.9. The molecule has 0 spiro atoms. The van der Waals surface area contributed by atoms with Crippen LogP contribution in [0.2, 0.25) is 0 Å². The number of ether oxygens (including phenoxy) is 1. The van der Waals surface area contributed by atoms with E-state index in [1.807, 2.05) is 0 Å². The molecule has 1 aromatic carbocycles. The van der Waals surface area contributed by atoms with Gasteiger partial charge in [-0.25, -0.2) is 13.6 Å².